The Bertz CT molecular complexity index is 523. The van der Waals surface area contributed by atoms with Crippen LogP contribution < -0.4 is 5.32 Å². The van der Waals surface area contributed by atoms with Crippen LogP contribution >= 0.6 is 0 Å². The van der Waals surface area contributed by atoms with Crippen LogP contribution in [0.5, 0.6) is 0 Å². The van der Waals surface area contributed by atoms with E-state index in [1.807, 2.05) is 12.1 Å². The maximum absolute atomic E-state index is 12.7. The summed E-state index contributed by atoms with van der Waals surface area (Å²) in [5.41, 5.74) is 3.36. The highest BCUT2D eigenvalue weighted by Gasteiger charge is 2.27. The maximum Gasteiger partial charge on any atom is 0.251 e. The van der Waals surface area contributed by atoms with Crippen molar-refractivity contribution < 1.29 is 14.6 Å². The number of hydrogen-bond donors (Lipinski definition) is 2. The number of nitrogens with one attached hydrogen (secondary N) is 1. The molecule has 0 bridgehead atoms. The van der Waals surface area contributed by atoms with Crippen LogP contribution in [0.2, 0.25) is 0 Å². The molecule has 0 spiro atoms. The second-order valence-electron chi connectivity index (χ2n) is 6.34. The lowest BCUT2D eigenvalue weighted by Gasteiger charge is -2.31. The highest BCUT2D eigenvalue weighted by Crippen LogP contribution is 2.26. The van der Waals surface area contributed by atoms with E-state index in [0.717, 1.165) is 50.9 Å². The smallest absolute Gasteiger partial charge is 0.251 e. The first-order valence-electron chi connectivity index (χ1n) is 8.40. The summed E-state index contributed by atoms with van der Waals surface area (Å²) in [6, 6.07) is 6.08. The monoisotopic (exact) mass is 303 g/mol. The summed E-state index contributed by atoms with van der Waals surface area (Å²) in [6.07, 6.45) is 5.75. The first-order valence-corrected chi connectivity index (χ1v) is 8.40. The van der Waals surface area contributed by atoms with E-state index in [0.29, 0.717) is 12.3 Å². The van der Waals surface area contributed by atoms with Crippen LogP contribution in [0.1, 0.15) is 47.2 Å². The van der Waals surface area contributed by atoms with Gasteiger partial charge < -0.3 is 15.2 Å². The molecular formula is C18H25NO3. The van der Waals surface area contributed by atoms with Gasteiger partial charge in [0.25, 0.3) is 5.91 Å². The number of carbonyl (C=O) groups is 1. The maximum atomic E-state index is 12.7. The molecule has 0 saturated carbocycles. The molecule has 1 aromatic carbocycles. The van der Waals surface area contributed by atoms with Crippen molar-refractivity contribution in [3.8, 4) is 0 Å². The van der Waals surface area contributed by atoms with Gasteiger partial charge >= 0.3 is 0 Å². The van der Waals surface area contributed by atoms with Crippen LogP contribution in [0.3, 0.4) is 0 Å². The van der Waals surface area contributed by atoms with Crippen LogP contribution in [0.4, 0.5) is 0 Å². The third-order valence-corrected chi connectivity index (χ3v) is 4.98. The number of aliphatic hydroxyl groups is 1. The fourth-order valence-corrected chi connectivity index (χ4v) is 3.76. The van der Waals surface area contributed by atoms with E-state index in [1.165, 1.54) is 11.1 Å². The number of amides is 1. The quantitative estimate of drug-likeness (QED) is 0.875. The van der Waals surface area contributed by atoms with E-state index in [9.17, 15) is 9.90 Å². The normalized spacial score (nSPS) is 19.7. The molecule has 1 atom stereocenters. The van der Waals surface area contributed by atoms with Crippen LogP contribution in [-0.4, -0.2) is 36.9 Å². The number of carbonyl (C=O) groups excluding carboxylic acids is 1. The standard InChI is InChI=1S/C18H25NO3/c20-10-7-17(14-8-11-22-12-9-14)19-18(21)16-6-2-4-13-3-1-5-15(13)16/h2,4,6,14,17,20H,1,3,5,7-12H2,(H,19,21). The zero-order valence-electron chi connectivity index (χ0n) is 13.0. The first kappa shape index (κ1) is 15.5. The Morgan fingerprint density at radius 2 is 2.14 bits per heavy atom. The molecule has 1 fully saturated rings. The summed E-state index contributed by atoms with van der Waals surface area (Å²) in [7, 11) is 0. The first-order chi connectivity index (χ1) is 10.8. The number of rotatable bonds is 5. The fourth-order valence-electron chi connectivity index (χ4n) is 3.76. The van der Waals surface area contributed by atoms with Gasteiger partial charge in [0, 0.05) is 31.4 Å². The number of aliphatic hydroxyl groups excluding tert-OH is 1. The zero-order valence-corrected chi connectivity index (χ0v) is 13.0. The lowest BCUT2D eigenvalue weighted by molar-refractivity contribution is 0.0478. The summed E-state index contributed by atoms with van der Waals surface area (Å²) < 4.78 is 5.40. The Hall–Kier alpha value is -1.39. The van der Waals surface area contributed by atoms with E-state index >= 15 is 0 Å². The predicted octanol–water partition coefficient (Wildman–Crippen LogP) is 2.08. The molecule has 4 nitrogen and oxygen atoms in total. The van der Waals surface area contributed by atoms with Crippen molar-refractivity contribution in [2.75, 3.05) is 19.8 Å². The Morgan fingerprint density at radius 3 is 2.91 bits per heavy atom. The number of fused-ring (bicyclic) bond motifs is 1. The largest absolute Gasteiger partial charge is 0.396 e. The van der Waals surface area contributed by atoms with Crippen LogP contribution in [0.25, 0.3) is 0 Å². The van der Waals surface area contributed by atoms with E-state index in [-0.39, 0.29) is 18.6 Å². The minimum atomic E-state index is 0.0173. The van der Waals surface area contributed by atoms with Gasteiger partial charge in [-0.3, -0.25) is 4.79 Å². The molecule has 1 aromatic rings. The van der Waals surface area contributed by atoms with Crippen LogP contribution in [0.15, 0.2) is 18.2 Å². The van der Waals surface area contributed by atoms with Crippen molar-refractivity contribution in [3.05, 3.63) is 34.9 Å². The summed E-state index contributed by atoms with van der Waals surface area (Å²) in [5, 5.41) is 12.5. The van der Waals surface area contributed by atoms with Crippen LogP contribution in [0, 0.1) is 5.92 Å². The molecule has 1 saturated heterocycles. The highest BCUT2D eigenvalue weighted by molar-refractivity contribution is 5.96. The molecule has 4 heteroatoms. The van der Waals surface area contributed by atoms with Crippen molar-refractivity contribution in [2.24, 2.45) is 5.92 Å². The Kier molecular flexibility index (Phi) is 5.11. The van der Waals surface area contributed by atoms with E-state index in [2.05, 4.69) is 11.4 Å². The molecule has 0 radical (unpaired) electrons. The van der Waals surface area contributed by atoms with Gasteiger partial charge in [-0.15, -0.1) is 0 Å². The number of benzene rings is 1. The van der Waals surface area contributed by atoms with E-state index < -0.39 is 0 Å². The van der Waals surface area contributed by atoms with Gasteiger partial charge in [0.15, 0.2) is 0 Å². The number of aryl methyl sites for hydroxylation is 1. The zero-order chi connectivity index (χ0) is 15.4. The van der Waals surface area contributed by atoms with Crippen molar-refractivity contribution in [1.29, 1.82) is 0 Å². The molecule has 1 aliphatic carbocycles. The average molecular weight is 303 g/mol. The second-order valence-corrected chi connectivity index (χ2v) is 6.34. The van der Waals surface area contributed by atoms with Crippen molar-refractivity contribution >= 4 is 5.91 Å². The van der Waals surface area contributed by atoms with Gasteiger partial charge in [0.1, 0.15) is 0 Å². The third kappa shape index (κ3) is 3.33. The molecule has 120 valence electrons. The van der Waals surface area contributed by atoms with Crippen molar-refractivity contribution in [3.63, 3.8) is 0 Å². The summed E-state index contributed by atoms with van der Waals surface area (Å²) in [6.45, 7) is 1.61. The third-order valence-electron chi connectivity index (χ3n) is 4.98. The molecule has 0 aromatic heterocycles. The molecular weight excluding hydrogens is 278 g/mol. The Balaban J connectivity index is 1.72. The van der Waals surface area contributed by atoms with Gasteiger partial charge in [-0.1, -0.05) is 12.1 Å². The minimum Gasteiger partial charge on any atom is -0.396 e. The van der Waals surface area contributed by atoms with Crippen molar-refractivity contribution in [2.45, 2.75) is 44.6 Å². The molecule has 1 amide bonds. The molecule has 2 N–H and O–H groups in total. The van der Waals surface area contributed by atoms with E-state index in [4.69, 9.17) is 4.74 Å². The Labute approximate surface area is 131 Å². The topological polar surface area (TPSA) is 58.6 Å². The SMILES string of the molecule is O=C(NC(CCO)C1CCOCC1)c1cccc2c1CCC2. The van der Waals surface area contributed by atoms with E-state index in [1.54, 1.807) is 0 Å². The van der Waals surface area contributed by atoms with Gasteiger partial charge in [0.05, 0.1) is 0 Å². The highest BCUT2D eigenvalue weighted by atomic mass is 16.5. The molecule has 1 heterocycles. The van der Waals surface area contributed by atoms with Crippen molar-refractivity contribution in [1.82, 2.24) is 5.32 Å². The minimum absolute atomic E-state index is 0.0173. The van der Waals surface area contributed by atoms with Crippen LogP contribution in [-0.2, 0) is 17.6 Å². The molecule has 22 heavy (non-hydrogen) atoms. The summed E-state index contributed by atoms with van der Waals surface area (Å²) in [4.78, 5) is 12.7. The molecule has 1 unspecified atom stereocenters. The van der Waals surface area contributed by atoms with Gasteiger partial charge in [-0.05, 0) is 61.6 Å². The molecule has 2 aliphatic rings. The lowest BCUT2D eigenvalue weighted by atomic mass is 9.89. The molecule has 3 rings (SSSR count). The van der Waals surface area contributed by atoms with Gasteiger partial charge in [0.2, 0.25) is 0 Å². The predicted molar refractivity (Wildman–Crippen MR) is 85.0 cm³/mol. The molecule has 1 aliphatic heterocycles. The Morgan fingerprint density at radius 1 is 1.32 bits per heavy atom. The van der Waals surface area contributed by atoms with Gasteiger partial charge in [-0.2, -0.15) is 0 Å². The second kappa shape index (κ2) is 7.25. The van der Waals surface area contributed by atoms with Gasteiger partial charge in [-0.25, -0.2) is 0 Å². The number of ether oxygens (including phenoxy) is 1. The lowest BCUT2D eigenvalue weighted by Crippen LogP contribution is -2.43. The fraction of sp³-hybridized carbons (Fsp3) is 0.611. The summed E-state index contributed by atoms with van der Waals surface area (Å²) >= 11 is 0. The average Bonchev–Trinajstić information content (AvgIpc) is 3.03. The summed E-state index contributed by atoms with van der Waals surface area (Å²) in [5.74, 6) is 0.422. The number of hydrogen-bond acceptors (Lipinski definition) is 3.